The van der Waals surface area contributed by atoms with Crippen LogP contribution in [0.25, 0.3) is 0 Å². The van der Waals surface area contributed by atoms with Gasteiger partial charge >= 0.3 is 0 Å². The summed E-state index contributed by atoms with van der Waals surface area (Å²) in [5, 5.41) is 8.64. The molecule has 0 bridgehead atoms. The highest BCUT2D eigenvalue weighted by Gasteiger charge is 2.03. The summed E-state index contributed by atoms with van der Waals surface area (Å²) < 4.78 is 0. The van der Waals surface area contributed by atoms with Gasteiger partial charge in [0.2, 0.25) is 0 Å². The fourth-order valence-corrected chi connectivity index (χ4v) is 1.83. The van der Waals surface area contributed by atoms with Crippen LogP contribution in [-0.2, 0) is 0 Å². The summed E-state index contributed by atoms with van der Waals surface area (Å²) in [5.74, 6) is 0. The second-order valence-electron chi connectivity index (χ2n) is 3.25. The number of rotatable bonds is 3. The van der Waals surface area contributed by atoms with Gasteiger partial charge < -0.3 is 5.73 Å². The Morgan fingerprint density at radius 3 is 2.29 bits per heavy atom. The predicted octanol–water partition coefficient (Wildman–Crippen LogP) is 2.71. The van der Waals surface area contributed by atoms with Crippen LogP contribution in [-0.4, -0.2) is 5.25 Å². The molecule has 2 unspecified atom stereocenters. The summed E-state index contributed by atoms with van der Waals surface area (Å²) in [5.41, 5.74) is 6.86. The Morgan fingerprint density at radius 1 is 1.29 bits per heavy atom. The van der Waals surface area contributed by atoms with Crippen LogP contribution in [0.5, 0.6) is 0 Å². The third-order valence-electron chi connectivity index (χ3n) is 1.90. The molecule has 0 aliphatic heterocycles. The molecule has 0 amide bonds. The van der Waals surface area contributed by atoms with Crippen LogP contribution >= 0.6 is 11.8 Å². The molecule has 0 saturated carbocycles. The second-order valence-corrected chi connectivity index (χ2v) is 4.66. The van der Waals surface area contributed by atoms with E-state index in [1.54, 1.807) is 11.8 Å². The first-order chi connectivity index (χ1) is 6.63. The maximum Gasteiger partial charge on any atom is 0.0935 e. The van der Waals surface area contributed by atoms with Gasteiger partial charge in [0.15, 0.2) is 0 Å². The number of hydrogen-bond donors (Lipinski definition) is 1. The maximum atomic E-state index is 8.65. The Hall–Kier alpha value is -0.980. The molecule has 1 aromatic rings. The van der Waals surface area contributed by atoms with Gasteiger partial charge in [-0.05, 0) is 31.5 Å². The van der Waals surface area contributed by atoms with Gasteiger partial charge in [0.25, 0.3) is 0 Å². The molecule has 74 valence electrons. The van der Waals surface area contributed by atoms with Crippen LogP contribution < -0.4 is 5.73 Å². The molecule has 0 aromatic heterocycles. The van der Waals surface area contributed by atoms with Crippen LogP contribution in [0.15, 0.2) is 29.2 Å². The molecule has 0 aliphatic carbocycles. The zero-order valence-electron chi connectivity index (χ0n) is 8.40. The van der Waals surface area contributed by atoms with Crippen molar-refractivity contribution in [3.8, 4) is 6.07 Å². The number of nitrogens with zero attached hydrogens (tertiary/aromatic N) is 1. The quantitative estimate of drug-likeness (QED) is 0.773. The van der Waals surface area contributed by atoms with Crippen molar-refractivity contribution >= 4 is 11.8 Å². The number of benzene rings is 1. The average Bonchev–Trinajstić information content (AvgIpc) is 2.18. The van der Waals surface area contributed by atoms with E-state index in [0.717, 1.165) is 10.5 Å². The van der Waals surface area contributed by atoms with E-state index in [1.807, 2.05) is 38.1 Å². The average molecular weight is 206 g/mol. The lowest BCUT2D eigenvalue weighted by Crippen LogP contribution is -2.04. The molecular formula is C11H14N2S. The van der Waals surface area contributed by atoms with E-state index in [4.69, 9.17) is 11.0 Å². The van der Waals surface area contributed by atoms with Crippen molar-refractivity contribution in [3.05, 3.63) is 29.8 Å². The normalized spacial score (nSPS) is 14.4. The Labute approximate surface area is 89.1 Å². The van der Waals surface area contributed by atoms with E-state index in [0.29, 0.717) is 0 Å². The monoisotopic (exact) mass is 206 g/mol. The van der Waals surface area contributed by atoms with E-state index >= 15 is 0 Å². The first-order valence-electron chi connectivity index (χ1n) is 4.55. The lowest BCUT2D eigenvalue weighted by molar-refractivity contribution is 0.817. The summed E-state index contributed by atoms with van der Waals surface area (Å²) >= 11 is 1.56. The van der Waals surface area contributed by atoms with Gasteiger partial charge in [-0.2, -0.15) is 5.26 Å². The van der Waals surface area contributed by atoms with Gasteiger partial charge in [0.05, 0.1) is 11.3 Å². The Bertz CT molecular complexity index is 324. The van der Waals surface area contributed by atoms with Gasteiger partial charge in [0, 0.05) is 10.9 Å². The molecule has 2 nitrogen and oxygen atoms in total. The van der Waals surface area contributed by atoms with E-state index < -0.39 is 0 Å². The first kappa shape index (κ1) is 11.1. The third-order valence-corrected chi connectivity index (χ3v) is 2.90. The molecule has 0 aliphatic rings. The van der Waals surface area contributed by atoms with E-state index in [9.17, 15) is 0 Å². The van der Waals surface area contributed by atoms with E-state index in [-0.39, 0.29) is 11.3 Å². The van der Waals surface area contributed by atoms with Gasteiger partial charge in [-0.15, -0.1) is 11.8 Å². The highest BCUT2D eigenvalue weighted by molar-refractivity contribution is 8.00. The van der Waals surface area contributed by atoms with Crippen LogP contribution in [0.1, 0.15) is 25.5 Å². The Kier molecular flexibility index (Phi) is 3.99. The summed E-state index contributed by atoms with van der Waals surface area (Å²) in [7, 11) is 0. The standard InChI is InChI=1S/C11H14N2S/c1-8(7-12)14-11-5-3-10(4-6-11)9(2)13/h3-6,8-9H,13H2,1-2H3. The van der Waals surface area contributed by atoms with Gasteiger partial charge in [-0.3, -0.25) is 0 Å². The minimum absolute atomic E-state index is 0.00356. The number of hydrogen-bond acceptors (Lipinski definition) is 3. The van der Waals surface area contributed by atoms with Crippen molar-refractivity contribution < 1.29 is 0 Å². The molecule has 0 fully saturated rings. The van der Waals surface area contributed by atoms with Gasteiger partial charge in [-0.25, -0.2) is 0 Å². The Morgan fingerprint density at radius 2 is 1.86 bits per heavy atom. The van der Waals surface area contributed by atoms with Crippen LogP contribution in [0.2, 0.25) is 0 Å². The van der Waals surface area contributed by atoms with E-state index in [2.05, 4.69) is 6.07 Å². The lowest BCUT2D eigenvalue weighted by Gasteiger charge is -2.07. The van der Waals surface area contributed by atoms with Crippen LogP contribution in [0.3, 0.4) is 0 Å². The fourth-order valence-electron chi connectivity index (χ4n) is 1.08. The lowest BCUT2D eigenvalue weighted by atomic mass is 10.1. The van der Waals surface area contributed by atoms with Crippen molar-refractivity contribution in [1.82, 2.24) is 0 Å². The molecule has 0 saturated heterocycles. The fraction of sp³-hybridized carbons (Fsp3) is 0.364. The second kappa shape index (κ2) is 5.04. The molecule has 0 radical (unpaired) electrons. The van der Waals surface area contributed by atoms with Crippen LogP contribution in [0, 0.1) is 11.3 Å². The highest BCUT2D eigenvalue weighted by atomic mass is 32.2. The smallest absolute Gasteiger partial charge is 0.0935 e. The highest BCUT2D eigenvalue weighted by Crippen LogP contribution is 2.23. The molecular weight excluding hydrogens is 192 g/mol. The SMILES string of the molecule is CC(C#N)Sc1ccc(C(C)N)cc1. The van der Waals surface area contributed by atoms with Crippen molar-refractivity contribution in [2.75, 3.05) is 0 Å². The van der Waals surface area contributed by atoms with Crippen molar-refractivity contribution in [3.63, 3.8) is 0 Å². The summed E-state index contributed by atoms with van der Waals surface area (Å²) in [6.07, 6.45) is 0. The molecule has 0 heterocycles. The van der Waals surface area contributed by atoms with Crippen molar-refractivity contribution in [1.29, 1.82) is 5.26 Å². The number of nitrogens with two attached hydrogens (primary N) is 1. The molecule has 3 heteroatoms. The summed E-state index contributed by atoms with van der Waals surface area (Å²) in [6.45, 7) is 3.85. The third kappa shape index (κ3) is 3.06. The minimum atomic E-state index is -0.00356. The zero-order chi connectivity index (χ0) is 10.6. The number of nitriles is 1. The van der Waals surface area contributed by atoms with Crippen LogP contribution in [0.4, 0.5) is 0 Å². The largest absolute Gasteiger partial charge is 0.324 e. The Balaban J connectivity index is 2.70. The van der Waals surface area contributed by atoms with Gasteiger partial charge in [-0.1, -0.05) is 12.1 Å². The van der Waals surface area contributed by atoms with E-state index in [1.165, 1.54) is 0 Å². The minimum Gasteiger partial charge on any atom is -0.324 e. The summed E-state index contributed by atoms with van der Waals surface area (Å²) in [4.78, 5) is 1.11. The maximum absolute atomic E-state index is 8.65. The zero-order valence-corrected chi connectivity index (χ0v) is 9.21. The summed E-state index contributed by atoms with van der Waals surface area (Å²) in [6, 6.07) is 10.3. The molecule has 1 rings (SSSR count). The topological polar surface area (TPSA) is 49.8 Å². The molecule has 0 spiro atoms. The van der Waals surface area contributed by atoms with Crippen molar-refractivity contribution in [2.24, 2.45) is 5.73 Å². The molecule has 14 heavy (non-hydrogen) atoms. The van der Waals surface area contributed by atoms with Gasteiger partial charge in [0.1, 0.15) is 0 Å². The molecule has 1 aromatic carbocycles. The predicted molar refractivity (Wildman–Crippen MR) is 60.0 cm³/mol. The number of thioether (sulfide) groups is 1. The first-order valence-corrected chi connectivity index (χ1v) is 5.43. The molecule has 2 N–H and O–H groups in total. The molecule has 2 atom stereocenters. The van der Waals surface area contributed by atoms with Crippen molar-refractivity contribution in [2.45, 2.75) is 30.0 Å².